The van der Waals surface area contributed by atoms with E-state index in [1.54, 1.807) is 0 Å². The number of nitrogens with two attached hydrogens (primary N) is 1. The molecule has 2 aromatic rings. The summed E-state index contributed by atoms with van der Waals surface area (Å²) >= 11 is 0. The summed E-state index contributed by atoms with van der Waals surface area (Å²) in [5.41, 5.74) is 9.63. The Bertz CT molecular complexity index is 536. The van der Waals surface area contributed by atoms with Crippen LogP contribution in [0.15, 0.2) is 24.4 Å². The molecule has 0 bridgehead atoms. The molecule has 0 radical (unpaired) electrons. The Balaban J connectivity index is 1.84. The van der Waals surface area contributed by atoms with E-state index in [9.17, 15) is 0 Å². The Labute approximate surface area is 114 Å². The van der Waals surface area contributed by atoms with Gasteiger partial charge in [0.15, 0.2) is 0 Å². The number of hydrogen-bond acceptors (Lipinski definition) is 2. The van der Waals surface area contributed by atoms with Crippen molar-refractivity contribution in [1.82, 2.24) is 9.88 Å². The quantitative estimate of drug-likeness (QED) is 0.888. The number of nitrogens with zero attached hydrogens (tertiary/aromatic N) is 1. The summed E-state index contributed by atoms with van der Waals surface area (Å²) < 4.78 is 0. The molecule has 0 atom stereocenters. The van der Waals surface area contributed by atoms with Gasteiger partial charge in [-0.15, -0.1) is 0 Å². The van der Waals surface area contributed by atoms with E-state index in [-0.39, 0.29) is 0 Å². The zero-order valence-corrected chi connectivity index (χ0v) is 11.5. The molecule has 0 unspecified atom stereocenters. The van der Waals surface area contributed by atoms with Crippen molar-refractivity contribution < 1.29 is 0 Å². The van der Waals surface area contributed by atoms with E-state index in [4.69, 9.17) is 5.73 Å². The predicted molar refractivity (Wildman–Crippen MR) is 79.9 cm³/mol. The van der Waals surface area contributed by atoms with Crippen molar-refractivity contribution in [3.05, 3.63) is 35.5 Å². The number of aromatic nitrogens is 1. The fourth-order valence-electron chi connectivity index (χ4n) is 3.11. The maximum absolute atomic E-state index is 5.80. The first kappa shape index (κ1) is 12.7. The van der Waals surface area contributed by atoms with E-state index in [0.717, 1.165) is 6.54 Å². The molecule has 0 aliphatic carbocycles. The smallest absolute Gasteiger partial charge is 0.0502 e. The average Bonchev–Trinajstić information content (AvgIpc) is 2.68. The number of H-pyrrole nitrogens is 1. The van der Waals surface area contributed by atoms with Crippen molar-refractivity contribution in [3.8, 4) is 0 Å². The Morgan fingerprint density at radius 3 is 2.58 bits per heavy atom. The number of rotatable bonds is 3. The molecule has 3 heteroatoms. The number of fused-ring (bicyclic) bond motifs is 1. The highest BCUT2D eigenvalue weighted by Crippen LogP contribution is 2.23. The van der Waals surface area contributed by atoms with Crippen molar-refractivity contribution >= 4 is 10.9 Å². The Hall–Kier alpha value is -1.32. The van der Waals surface area contributed by atoms with Crippen molar-refractivity contribution in [2.45, 2.75) is 38.8 Å². The SMILES string of the molecule is NCc1cccc2c(CN3CCCCCC3)c[nH]c12. The molecule has 0 spiro atoms. The molecule has 1 aliphatic rings. The van der Waals surface area contributed by atoms with Crippen LogP contribution in [0.4, 0.5) is 0 Å². The molecule has 102 valence electrons. The van der Waals surface area contributed by atoms with Crippen LogP contribution in [0.1, 0.15) is 36.8 Å². The predicted octanol–water partition coefficient (Wildman–Crippen LogP) is 3.00. The molecular weight excluding hydrogens is 234 g/mol. The second kappa shape index (κ2) is 5.76. The van der Waals surface area contributed by atoms with Gasteiger partial charge in [-0.2, -0.15) is 0 Å². The number of para-hydroxylation sites is 1. The fraction of sp³-hybridized carbons (Fsp3) is 0.500. The third-order valence-electron chi connectivity index (χ3n) is 4.20. The standard InChI is InChI=1S/C16H23N3/c17-10-13-6-5-7-15-14(11-18-16(13)15)12-19-8-3-1-2-4-9-19/h5-7,11,18H,1-4,8-10,12,17H2. The highest BCUT2D eigenvalue weighted by molar-refractivity contribution is 5.86. The summed E-state index contributed by atoms with van der Waals surface area (Å²) in [7, 11) is 0. The molecule has 0 saturated carbocycles. The number of aromatic amines is 1. The molecule has 3 rings (SSSR count). The normalized spacial score (nSPS) is 17.7. The van der Waals surface area contributed by atoms with Gasteiger partial charge in [0.2, 0.25) is 0 Å². The maximum Gasteiger partial charge on any atom is 0.0502 e. The van der Waals surface area contributed by atoms with E-state index in [1.807, 2.05) is 0 Å². The topological polar surface area (TPSA) is 45.0 Å². The molecule has 1 saturated heterocycles. The number of nitrogens with one attached hydrogen (secondary N) is 1. The fourth-order valence-corrected chi connectivity index (χ4v) is 3.11. The lowest BCUT2D eigenvalue weighted by Gasteiger charge is -2.19. The summed E-state index contributed by atoms with van der Waals surface area (Å²) in [5, 5.41) is 1.34. The molecule has 1 aliphatic heterocycles. The van der Waals surface area contributed by atoms with Crippen molar-refractivity contribution in [2.24, 2.45) is 5.73 Å². The van der Waals surface area contributed by atoms with Crippen molar-refractivity contribution in [2.75, 3.05) is 13.1 Å². The summed E-state index contributed by atoms with van der Waals surface area (Å²) in [6.07, 6.45) is 7.63. The van der Waals surface area contributed by atoms with Gasteiger partial charge in [0.25, 0.3) is 0 Å². The van der Waals surface area contributed by atoms with Crippen LogP contribution < -0.4 is 5.73 Å². The van der Waals surface area contributed by atoms with Gasteiger partial charge < -0.3 is 10.7 Å². The zero-order chi connectivity index (χ0) is 13.1. The van der Waals surface area contributed by atoms with Crippen LogP contribution in [0.5, 0.6) is 0 Å². The van der Waals surface area contributed by atoms with E-state index >= 15 is 0 Å². The lowest BCUT2D eigenvalue weighted by atomic mass is 10.1. The minimum Gasteiger partial charge on any atom is -0.361 e. The van der Waals surface area contributed by atoms with E-state index in [0.29, 0.717) is 6.54 Å². The van der Waals surface area contributed by atoms with E-state index in [1.165, 1.54) is 60.8 Å². The Morgan fingerprint density at radius 1 is 1.05 bits per heavy atom. The van der Waals surface area contributed by atoms with Gasteiger partial charge in [0.1, 0.15) is 0 Å². The Morgan fingerprint density at radius 2 is 1.84 bits per heavy atom. The summed E-state index contributed by atoms with van der Waals surface area (Å²) in [4.78, 5) is 5.99. The highest BCUT2D eigenvalue weighted by atomic mass is 15.1. The van der Waals surface area contributed by atoms with Crippen molar-refractivity contribution in [3.63, 3.8) is 0 Å². The summed E-state index contributed by atoms with van der Waals surface area (Å²) in [6, 6.07) is 6.43. The minimum absolute atomic E-state index is 0.598. The molecule has 0 amide bonds. The summed E-state index contributed by atoms with van der Waals surface area (Å²) in [5.74, 6) is 0. The van der Waals surface area contributed by atoms with Gasteiger partial charge in [0, 0.05) is 24.7 Å². The van der Waals surface area contributed by atoms with Crippen LogP contribution in [0, 0.1) is 0 Å². The average molecular weight is 257 g/mol. The third kappa shape index (κ3) is 2.67. The molecule has 19 heavy (non-hydrogen) atoms. The molecule has 2 heterocycles. The largest absolute Gasteiger partial charge is 0.361 e. The molecule has 1 aromatic carbocycles. The first-order valence-electron chi connectivity index (χ1n) is 7.39. The molecular formula is C16H23N3. The Kier molecular flexibility index (Phi) is 3.85. The minimum atomic E-state index is 0.598. The van der Waals surface area contributed by atoms with Gasteiger partial charge in [-0.3, -0.25) is 4.90 Å². The van der Waals surface area contributed by atoms with Gasteiger partial charge in [-0.05, 0) is 37.1 Å². The lowest BCUT2D eigenvalue weighted by Crippen LogP contribution is -2.23. The molecule has 3 N–H and O–H groups in total. The molecule has 3 nitrogen and oxygen atoms in total. The highest BCUT2D eigenvalue weighted by Gasteiger charge is 2.12. The second-order valence-corrected chi connectivity index (χ2v) is 5.55. The van der Waals surface area contributed by atoms with Gasteiger partial charge in [-0.25, -0.2) is 0 Å². The first-order valence-corrected chi connectivity index (χ1v) is 7.39. The van der Waals surface area contributed by atoms with Crippen LogP contribution in [0.3, 0.4) is 0 Å². The first-order chi connectivity index (χ1) is 9.38. The maximum atomic E-state index is 5.80. The number of benzene rings is 1. The van der Waals surface area contributed by atoms with Crippen LogP contribution in [0.2, 0.25) is 0 Å². The van der Waals surface area contributed by atoms with Gasteiger partial charge >= 0.3 is 0 Å². The number of hydrogen-bond donors (Lipinski definition) is 2. The van der Waals surface area contributed by atoms with Crippen molar-refractivity contribution in [1.29, 1.82) is 0 Å². The van der Waals surface area contributed by atoms with Crippen LogP contribution in [0.25, 0.3) is 10.9 Å². The van der Waals surface area contributed by atoms with Gasteiger partial charge in [-0.1, -0.05) is 31.0 Å². The zero-order valence-electron chi connectivity index (χ0n) is 11.5. The van der Waals surface area contributed by atoms with Crippen LogP contribution in [-0.4, -0.2) is 23.0 Å². The van der Waals surface area contributed by atoms with Gasteiger partial charge in [0.05, 0.1) is 5.52 Å². The second-order valence-electron chi connectivity index (χ2n) is 5.55. The molecule has 1 fully saturated rings. The van der Waals surface area contributed by atoms with Crippen LogP contribution in [-0.2, 0) is 13.1 Å². The molecule has 1 aromatic heterocycles. The summed E-state index contributed by atoms with van der Waals surface area (Å²) in [6.45, 7) is 4.14. The lowest BCUT2D eigenvalue weighted by molar-refractivity contribution is 0.278. The number of likely N-dealkylation sites (tertiary alicyclic amines) is 1. The van der Waals surface area contributed by atoms with Crippen LogP contribution >= 0.6 is 0 Å². The van der Waals surface area contributed by atoms with E-state index < -0.39 is 0 Å². The van der Waals surface area contributed by atoms with E-state index in [2.05, 4.69) is 34.3 Å². The third-order valence-corrected chi connectivity index (χ3v) is 4.20. The monoisotopic (exact) mass is 257 g/mol.